The Morgan fingerprint density at radius 2 is 2.00 bits per heavy atom. The van der Waals surface area contributed by atoms with Gasteiger partial charge in [-0.15, -0.1) is 5.10 Å². The highest BCUT2D eigenvalue weighted by Gasteiger charge is 2.11. The van der Waals surface area contributed by atoms with E-state index in [-0.39, 0.29) is 5.91 Å². The molecule has 2 aromatic heterocycles. The molecule has 29 heavy (non-hydrogen) atoms. The number of amides is 1. The van der Waals surface area contributed by atoms with Crippen molar-refractivity contribution >= 4 is 17.7 Å². The Kier molecular flexibility index (Phi) is 5.71. The molecule has 2 heterocycles. The fourth-order valence-corrected chi connectivity index (χ4v) is 3.58. The Bertz CT molecular complexity index is 1090. The molecule has 0 saturated carbocycles. The number of hydrogen-bond donors (Lipinski definition) is 1. The van der Waals surface area contributed by atoms with Gasteiger partial charge in [-0.3, -0.25) is 4.79 Å². The molecule has 0 aliphatic rings. The van der Waals surface area contributed by atoms with E-state index < -0.39 is 0 Å². The van der Waals surface area contributed by atoms with Crippen LogP contribution >= 0.6 is 11.8 Å². The first kappa shape index (κ1) is 18.9. The molecular weight excluding hydrogens is 386 g/mol. The van der Waals surface area contributed by atoms with Gasteiger partial charge in [0.15, 0.2) is 0 Å². The number of nitrogens with one attached hydrogen (secondary N) is 1. The van der Waals surface area contributed by atoms with Gasteiger partial charge in [-0.2, -0.15) is 4.68 Å². The summed E-state index contributed by atoms with van der Waals surface area (Å²) in [5, 5.41) is 15.6. The Labute approximate surface area is 172 Å². The van der Waals surface area contributed by atoms with Crippen molar-refractivity contribution < 1.29 is 9.21 Å². The number of tetrazole rings is 1. The summed E-state index contributed by atoms with van der Waals surface area (Å²) in [4.78, 5) is 12.4. The number of benzene rings is 2. The molecule has 0 atom stereocenters. The van der Waals surface area contributed by atoms with Gasteiger partial charge in [0, 0.05) is 11.3 Å². The molecule has 2 aromatic carbocycles. The van der Waals surface area contributed by atoms with E-state index in [1.807, 2.05) is 55.5 Å². The number of carbonyl (C=O) groups is 1. The number of aryl methyl sites for hydroxylation is 1. The fourth-order valence-electron chi connectivity index (χ4n) is 2.75. The zero-order valence-corrected chi connectivity index (χ0v) is 16.6. The van der Waals surface area contributed by atoms with Crippen molar-refractivity contribution in [1.29, 1.82) is 0 Å². The van der Waals surface area contributed by atoms with Crippen LogP contribution in [-0.4, -0.2) is 26.1 Å². The lowest BCUT2D eigenvalue weighted by Gasteiger charge is -2.07. The van der Waals surface area contributed by atoms with Gasteiger partial charge >= 0.3 is 0 Å². The van der Waals surface area contributed by atoms with Crippen molar-refractivity contribution in [2.45, 2.75) is 24.4 Å². The van der Waals surface area contributed by atoms with Crippen molar-refractivity contribution in [3.8, 4) is 5.69 Å². The molecule has 0 bridgehead atoms. The van der Waals surface area contributed by atoms with Gasteiger partial charge in [0.25, 0.3) is 5.91 Å². The lowest BCUT2D eigenvalue weighted by atomic mass is 10.1. The Morgan fingerprint density at radius 1 is 1.14 bits per heavy atom. The van der Waals surface area contributed by atoms with Crippen LogP contribution in [0.1, 0.15) is 27.2 Å². The van der Waals surface area contributed by atoms with Gasteiger partial charge in [-0.25, -0.2) is 0 Å². The minimum Gasteiger partial charge on any atom is -0.467 e. The highest BCUT2D eigenvalue weighted by molar-refractivity contribution is 7.98. The molecule has 1 N–H and O–H groups in total. The molecular formula is C21H19N5O2S. The molecule has 0 aliphatic heterocycles. The zero-order valence-electron chi connectivity index (χ0n) is 15.8. The number of rotatable bonds is 7. The summed E-state index contributed by atoms with van der Waals surface area (Å²) < 4.78 is 6.95. The smallest absolute Gasteiger partial charge is 0.251 e. The second kappa shape index (κ2) is 8.74. The highest BCUT2D eigenvalue weighted by atomic mass is 32.2. The Hall–Kier alpha value is -3.39. The summed E-state index contributed by atoms with van der Waals surface area (Å²) >= 11 is 1.52. The average molecular weight is 405 g/mol. The van der Waals surface area contributed by atoms with Crippen molar-refractivity contribution in [2.24, 2.45) is 0 Å². The van der Waals surface area contributed by atoms with Crippen LogP contribution in [0.2, 0.25) is 0 Å². The van der Waals surface area contributed by atoms with E-state index in [1.54, 1.807) is 23.1 Å². The van der Waals surface area contributed by atoms with Crippen molar-refractivity contribution in [2.75, 3.05) is 0 Å². The molecule has 4 rings (SSSR count). The molecule has 0 aliphatic carbocycles. The van der Waals surface area contributed by atoms with Crippen LogP contribution in [0.4, 0.5) is 0 Å². The summed E-state index contributed by atoms with van der Waals surface area (Å²) in [6, 6.07) is 19.2. The SMILES string of the molecule is Cc1ccc(-n2nnnc2SCc2cccc(C(=O)NCc3ccco3)c2)cc1. The largest absolute Gasteiger partial charge is 0.467 e. The molecule has 0 radical (unpaired) electrons. The third-order valence-electron chi connectivity index (χ3n) is 4.28. The maximum absolute atomic E-state index is 12.4. The standard InChI is InChI=1S/C21H19N5O2S/c1-15-7-9-18(10-8-15)26-21(23-24-25-26)29-14-16-4-2-5-17(12-16)20(27)22-13-19-6-3-11-28-19/h2-12H,13-14H2,1H3,(H,22,27). The summed E-state index contributed by atoms with van der Waals surface area (Å²) in [5.74, 6) is 1.22. The number of nitrogens with zero attached hydrogens (tertiary/aromatic N) is 4. The van der Waals surface area contributed by atoms with Gasteiger partial charge in [0.1, 0.15) is 5.76 Å². The minimum atomic E-state index is -0.141. The maximum Gasteiger partial charge on any atom is 0.251 e. The van der Waals surface area contributed by atoms with Gasteiger partial charge in [-0.05, 0) is 59.3 Å². The van der Waals surface area contributed by atoms with Gasteiger partial charge < -0.3 is 9.73 Å². The van der Waals surface area contributed by atoms with Crippen LogP contribution in [0.15, 0.2) is 76.5 Å². The summed E-state index contributed by atoms with van der Waals surface area (Å²) in [6.07, 6.45) is 1.59. The van der Waals surface area contributed by atoms with Crippen LogP contribution in [0.5, 0.6) is 0 Å². The summed E-state index contributed by atoms with van der Waals surface area (Å²) in [7, 11) is 0. The van der Waals surface area contributed by atoms with E-state index >= 15 is 0 Å². The lowest BCUT2D eigenvalue weighted by Crippen LogP contribution is -2.22. The van der Waals surface area contributed by atoms with Crippen molar-refractivity contribution in [3.05, 3.63) is 89.4 Å². The minimum absolute atomic E-state index is 0.141. The van der Waals surface area contributed by atoms with E-state index in [2.05, 4.69) is 20.8 Å². The van der Waals surface area contributed by atoms with Crippen LogP contribution in [0.25, 0.3) is 5.69 Å². The van der Waals surface area contributed by atoms with E-state index in [4.69, 9.17) is 4.42 Å². The number of thioether (sulfide) groups is 1. The number of furan rings is 1. The number of carbonyl (C=O) groups excluding carboxylic acids is 1. The summed E-state index contributed by atoms with van der Waals surface area (Å²) in [5.41, 5.74) is 3.71. The molecule has 146 valence electrons. The van der Waals surface area contributed by atoms with E-state index in [9.17, 15) is 4.79 Å². The van der Waals surface area contributed by atoms with Crippen molar-refractivity contribution in [1.82, 2.24) is 25.5 Å². The number of hydrogen-bond acceptors (Lipinski definition) is 6. The highest BCUT2D eigenvalue weighted by Crippen LogP contribution is 2.23. The van der Waals surface area contributed by atoms with Gasteiger partial charge in [-0.1, -0.05) is 41.6 Å². The molecule has 1 amide bonds. The molecule has 8 heteroatoms. The predicted molar refractivity (Wildman–Crippen MR) is 110 cm³/mol. The lowest BCUT2D eigenvalue weighted by molar-refractivity contribution is 0.0948. The third-order valence-corrected chi connectivity index (χ3v) is 5.27. The third kappa shape index (κ3) is 4.72. The molecule has 0 saturated heterocycles. The molecule has 0 unspecified atom stereocenters. The molecule has 7 nitrogen and oxygen atoms in total. The number of aromatic nitrogens is 4. The first-order valence-electron chi connectivity index (χ1n) is 9.07. The van der Waals surface area contributed by atoms with E-state index in [1.165, 1.54) is 17.3 Å². The first-order chi connectivity index (χ1) is 14.2. The van der Waals surface area contributed by atoms with Crippen LogP contribution in [0.3, 0.4) is 0 Å². The average Bonchev–Trinajstić information content (AvgIpc) is 3.43. The second-order valence-electron chi connectivity index (χ2n) is 6.46. The topological polar surface area (TPSA) is 85.8 Å². The first-order valence-corrected chi connectivity index (χ1v) is 10.1. The van der Waals surface area contributed by atoms with E-state index in [0.717, 1.165) is 11.3 Å². The van der Waals surface area contributed by atoms with Gasteiger partial charge in [0.2, 0.25) is 5.16 Å². The summed E-state index contributed by atoms with van der Waals surface area (Å²) in [6.45, 7) is 2.40. The zero-order chi connectivity index (χ0) is 20.1. The normalized spacial score (nSPS) is 10.8. The second-order valence-corrected chi connectivity index (χ2v) is 7.40. The quantitative estimate of drug-likeness (QED) is 0.471. The van der Waals surface area contributed by atoms with Crippen LogP contribution in [0, 0.1) is 6.92 Å². The predicted octanol–water partition coefficient (Wildman–Crippen LogP) is 3.79. The van der Waals surface area contributed by atoms with Crippen molar-refractivity contribution in [3.63, 3.8) is 0 Å². The van der Waals surface area contributed by atoms with E-state index in [0.29, 0.717) is 28.8 Å². The Balaban J connectivity index is 1.41. The van der Waals surface area contributed by atoms with Crippen LogP contribution in [-0.2, 0) is 12.3 Å². The molecule has 0 fully saturated rings. The van der Waals surface area contributed by atoms with Gasteiger partial charge in [0.05, 0.1) is 18.5 Å². The van der Waals surface area contributed by atoms with Crippen LogP contribution < -0.4 is 5.32 Å². The monoisotopic (exact) mass is 405 g/mol. The fraction of sp³-hybridized carbons (Fsp3) is 0.143. The molecule has 0 spiro atoms. The molecule has 4 aromatic rings. The Morgan fingerprint density at radius 3 is 2.79 bits per heavy atom. The maximum atomic E-state index is 12.4.